The van der Waals surface area contributed by atoms with Crippen LogP contribution in [-0.2, 0) is 4.79 Å². The molecule has 1 fully saturated rings. The van der Waals surface area contributed by atoms with Crippen molar-refractivity contribution in [3.63, 3.8) is 0 Å². The van der Waals surface area contributed by atoms with Gasteiger partial charge in [-0.1, -0.05) is 6.92 Å². The summed E-state index contributed by atoms with van der Waals surface area (Å²) in [6, 6.07) is -0.560. The van der Waals surface area contributed by atoms with Crippen molar-refractivity contribution >= 4 is 12.0 Å². The van der Waals surface area contributed by atoms with Crippen LogP contribution in [-0.4, -0.2) is 63.8 Å². The number of carbonyl (C=O) groups excluding carboxylic acids is 1. The number of urea groups is 1. The van der Waals surface area contributed by atoms with Gasteiger partial charge in [0.15, 0.2) is 0 Å². The maximum Gasteiger partial charge on any atom is 0.329 e. The first-order chi connectivity index (χ1) is 8.23. The van der Waals surface area contributed by atoms with E-state index in [-0.39, 0.29) is 24.6 Å². The summed E-state index contributed by atoms with van der Waals surface area (Å²) in [5, 5.41) is 18.4. The number of aliphatic hydroxyl groups is 1. The number of rotatable bonds is 3. The highest BCUT2D eigenvalue weighted by Crippen LogP contribution is 2.26. The molecule has 1 aliphatic rings. The van der Waals surface area contributed by atoms with E-state index >= 15 is 0 Å². The second-order valence-electron chi connectivity index (χ2n) is 5.42. The number of hydrogen-bond acceptors (Lipinski definition) is 3. The number of hydrogen-bond donors (Lipinski definition) is 2. The van der Waals surface area contributed by atoms with Gasteiger partial charge < -0.3 is 20.0 Å². The van der Waals surface area contributed by atoms with Crippen LogP contribution in [0.2, 0.25) is 0 Å². The van der Waals surface area contributed by atoms with E-state index in [9.17, 15) is 14.7 Å². The number of carboxylic acid groups (broad SMARTS) is 1. The highest BCUT2D eigenvalue weighted by atomic mass is 16.4. The van der Waals surface area contributed by atoms with E-state index in [0.717, 1.165) is 6.42 Å². The van der Waals surface area contributed by atoms with Crippen molar-refractivity contribution in [3.8, 4) is 0 Å². The number of carbonyl (C=O) groups is 2. The van der Waals surface area contributed by atoms with Crippen molar-refractivity contribution < 1.29 is 19.8 Å². The van der Waals surface area contributed by atoms with Gasteiger partial charge in [-0.3, -0.25) is 0 Å². The van der Waals surface area contributed by atoms with Gasteiger partial charge in [-0.15, -0.1) is 0 Å². The Morgan fingerprint density at radius 1 is 1.44 bits per heavy atom. The molecule has 0 aromatic carbocycles. The Morgan fingerprint density at radius 3 is 2.44 bits per heavy atom. The third-order valence-corrected chi connectivity index (χ3v) is 3.96. The number of carboxylic acids is 1. The highest BCUT2D eigenvalue weighted by molar-refractivity contribution is 5.85. The molecule has 6 heteroatoms. The Hall–Kier alpha value is -1.30. The van der Waals surface area contributed by atoms with Gasteiger partial charge in [0.05, 0.1) is 12.6 Å². The van der Waals surface area contributed by atoms with Crippen LogP contribution in [0.4, 0.5) is 4.79 Å². The largest absolute Gasteiger partial charge is 0.480 e. The van der Waals surface area contributed by atoms with Crippen molar-refractivity contribution in [3.05, 3.63) is 0 Å². The fourth-order valence-electron chi connectivity index (χ4n) is 2.10. The van der Waals surface area contributed by atoms with Gasteiger partial charge in [-0.25, -0.2) is 9.59 Å². The van der Waals surface area contributed by atoms with Gasteiger partial charge in [0.2, 0.25) is 0 Å². The Kier molecular flexibility index (Phi) is 4.21. The van der Waals surface area contributed by atoms with Crippen molar-refractivity contribution in [1.29, 1.82) is 0 Å². The van der Waals surface area contributed by atoms with Crippen LogP contribution >= 0.6 is 0 Å². The lowest BCUT2D eigenvalue weighted by molar-refractivity contribution is -0.147. The number of nitrogens with zero attached hydrogens (tertiary/aromatic N) is 2. The molecule has 1 heterocycles. The first kappa shape index (κ1) is 14.8. The van der Waals surface area contributed by atoms with Gasteiger partial charge in [0.1, 0.15) is 5.54 Å². The minimum Gasteiger partial charge on any atom is -0.480 e. The quantitative estimate of drug-likeness (QED) is 0.777. The predicted octanol–water partition coefficient (Wildman–Crippen LogP) is 0.604. The van der Waals surface area contributed by atoms with E-state index in [1.807, 2.05) is 6.92 Å². The molecule has 0 bridgehead atoms. The first-order valence-electron chi connectivity index (χ1n) is 6.12. The van der Waals surface area contributed by atoms with E-state index in [0.29, 0.717) is 6.54 Å². The van der Waals surface area contributed by atoms with Crippen LogP contribution in [0.5, 0.6) is 0 Å². The molecule has 0 aromatic heterocycles. The minimum atomic E-state index is -1.26. The van der Waals surface area contributed by atoms with Crippen LogP contribution in [0.15, 0.2) is 0 Å². The van der Waals surface area contributed by atoms with Crippen LogP contribution < -0.4 is 0 Å². The second kappa shape index (κ2) is 5.14. The maximum atomic E-state index is 12.3. The molecule has 0 saturated carbocycles. The molecule has 2 amide bonds. The van der Waals surface area contributed by atoms with Crippen LogP contribution in [0, 0.1) is 5.92 Å². The predicted molar refractivity (Wildman–Crippen MR) is 66.2 cm³/mol. The fraction of sp³-hybridized carbons (Fsp3) is 0.833. The van der Waals surface area contributed by atoms with Crippen molar-refractivity contribution in [1.82, 2.24) is 9.80 Å². The zero-order valence-electron chi connectivity index (χ0n) is 11.4. The molecule has 1 rings (SSSR count). The zero-order valence-corrected chi connectivity index (χ0v) is 11.4. The lowest BCUT2D eigenvalue weighted by atomic mass is 10.0. The maximum absolute atomic E-state index is 12.3. The number of likely N-dealkylation sites (tertiary alicyclic amines) is 1. The van der Waals surface area contributed by atoms with Gasteiger partial charge in [0.25, 0.3) is 0 Å². The topological polar surface area (TPSA) is 81.1 Å². The van der Waals surface area contributed by atoms with Crippen LogP contribution in [0.3, 0.4) is 0 Å². The summed E-state index contributed by atoms with van der Waals surface area (Å²) in [7, 11) is 1.48. The summed E-state index contributed by atoms with van der Waals surface area (Å²) in [5.74, 6) is -0.813. The molecule has 2 N–H and O–H groups in total. The molecule has 1 saturated heterocycles. The average Bonchev–Trinajstić information content (AvgIpc) is 2.67. The Balaban J connectivity index is 2.85. The summed E-state index contributed by atoms with van der Waals surface area (Å²) in [6.45, 7) is 5.43. The Morgan fingerprint density at radius 2 is 2.00 bits per heavy atom. The molecular formula is C12H22N2O4. The van der Waals surface area contributed by atoms with Gasteiger partial charge >= 0.3 is 12.0 Å². The van der Waals surface area contributed by atoms with Crippen LogP contribution in [0.25, 0.3) is 0 Å². The van der Waals surface area contributed by atoms with Crippen molar-refractivity contribution in [2.24, 2.45) is 5.92 Å². The van der Waals surface area contributed by atoms with Gasteiger partial charge in [-0.2, -0.15) is 0 Å². The lowest BCUT2D eigenvalue weighted by Gasteiger charge is -2.36. The standard InChI is InChI=1S/C12H22N2O4/c1-8-5-6-14(9(8)7-15)11(18)13(4)12(2,3)10(16)17/h8-9,15H,5-7H2,1-4H3,(H,16,17). The molecular weight excluding hydrogens is 236 g/mol. The van der Waals surface area contributed by atoms with Crippen molar-refractivity contribution in [2.45, 2.75) is 38.8 Å². The first-order valence-corrected chi connectivity index (χ1v) is 6.12. The summed E-state index contributed by atoms with van der Waals surface area (Å²) < 4.78 is 0. The molecule has 0 radical (unpaired) electrons. The second-order valence-corrected chi connectivity index (χ2v) is 5.42. The third-order valence-electron chi connectivity index (χ3n) is 3.96. The normalized spacial score (nSPS) is 24.2. The number of amides is 2. The summed E-state index contributed by atoms with van der Waals surface area (Å²) in [4.78, 5) is 26.2. The number of aliphatic hydroxyl groups excluding tert-OH is 1. The Labute approximate surface area is 107 Å². The van der Waals surface area contributed by atoms with Gasteiger partial charge in [0, 0.05) is 13.6 Å². The zero-order chi connectivity index (χ0) is 14.1. The molecule has 0 aromatic rings. The highest BCUT2D eigenvalue weighted by Gasteiger charge is 2.41. The average molecular weight is 258 g/mol. The molecule has 18 heavy (non-hydrogen) atoms. The fourth-order valence-corrected chi connectivity index (χ4v) is 2.10. The Bertz CT molecular complexity index is 343. The monoisotopic (exact) mass is 258 g/mol. The summed E-state index contributed by atoms with van der Waals surface area (Å²) >= 11 is 0. The molecule has 2 unspecified atom stereocenters. The summed E-state index contributed by atoms with van der Waals surface area (Å²) in [5.41, 5.74) is -1.26. The van der Waals surface area contributed by atoms with E-state index in [1.54, 1.807) is 4.90 Å². The van der Waals surface area contributed by atoms with Crippen molar-refractivity contribution in [2.75, 3.05) is 20.2 Å². The molecule has 104 valence electrons. The van der Waals surface area contributed by atoms with E-state index in [4.69, 9.17) is 5.11 Å². The van der Waals surface area contributed by atoms with E-state index in [2.05, 4.69) is 0 Å². The number of likely N-dealkylation sites (N-methyl/N-ethyl adjacent to an activating group) is 1. The minimum absolute atomic E-state index is 0.0890. The SMILES string of the molecule is CC1CCN(C(=O)N(C)C(C)(C)C(=O)O)C1CO. The number of aliphatic carboxylic acids is 1. The third kappa shape index (κ3) is 2.43. The van der Waals surface area contributed by atoms with Crippen LogP contribution in [0.1, 0.15) is 27.2 Å². The molecule has 0 aliphatic carbocycles. The molecule has 2 atom stereocenters. The van der Waals surface area contributed by atoms with E-state index in [1.165, 1.54) is 25.8 Å². The molecule has 6 nitrogen and oxygen atoms in total. The van der Waals surface area contributed by atoms with E-state index < -0.39 is 11.5 Å². The lowest BCUT2D eigenvalue weighted by Crippen LogP contribution is -2.56. The van der Waals surface area contributed by atoms with Gasteiger partial charge in [-0.05, 0) is 26.2 Å². The summed E-state index contributed by atoms with van der Waals surface area (Å²) in [6.07, 6.45) is 0.832. The molecule has 0 spiro atoms. The molecule has 1 aliphatic heterocycles. The smallest absolute Gasteiger partial charge is 0.329 e.